The van der Waals surface area contributed by atoms with Gasteiger partial charge in [0.1, 0.15) is 6.17 Å². The molecule has 1 saturated carbocycles. The minimum atomic E-state index is -0.761. The van der Waals surface area contributed by atoms with E-state index < -0.39 is 6.17 Å². The Morgan fingerprint density at radius 2 is 2.18 bits per heavy atom. The fraction of sp³-hybridized carbons (Fsp3) is 1.00. The molecule has 2 fully saturated rings. The molecule has 1 heterocycles. The molecule has 2 N–H and O–H groups in total. The molecule has 4 heteroatoms. The molecule has 1 aliphatic heterocycles. The summed E-state index contributed by atoms with van der Waals surface area (Å²) in [5, 5.41) is 12.9. The molecule has 0 aromatic carbocycles. The number of nitrogens with zero attached hydrogens (tertiary/aromatic N) is 1. The van der Waals surface area contributed by atoms with Crippen LogP contribution in [0.4, 0.5) is 4.39 Å². The van der Waals surface area contributed by atoms with Gasteiger partial charge in [-0.25, -0.2) is 4.39 Å². The molecule has 1 saturated heterocycles. The molecule has 0 bridgehead atoms. The predicted octanol–water partition coefficient (Wildman–Crippen LogP) is 1.31. The molecule has 3 nitrogen and oxygen atoms in total. The van der Waals surface area contributed by atoms with Crippen LogP contribution in [0.25, 0.3) is 0 Å². The molecule has 0 radical (unpaired) electrons. The van der Waals surface area contributed by atoms with Crippen LogP contribution in [0.5, 0.6) is 0 Å². The second kappa shape index (κ2) is 6.12. The first-order chi connectivity index (χ1) is 8.20. The number of aliphatic hydroxyl groups is 1. The van der Waals surface area contributed by atoms with E-state index in [-0.39, 0.29) is 12.1 Å². The molecular formula is C13H25FN2O. The summed E-state index contributed by atoms with van der Waals surface area (Å²) in [5.41, 5.74) is 0. The minimum absolute atomic E-state index is 0.0322. The first-order valence-corrected chi connectivity index (χ1v) is 7.00. The highest BCUT2D eigenvalue weighted by molar-refractivity contribution is 4.90. The van der Waals surface area contributed by atoms with Crippen molar-refractivity contribution in [2.45, 2.75) is 63.4 Å². The fourth-order valence-corrected chi connectivity index (χ4v) is 3.22. The van der Waals surface area contributed by atoms with Gasteiger partial charge in [-0.1, -0.05) is 6.92 Å². The smallest absolute Gasteiger partial charge is 0.128 e. The summed E-state index contributed by atoms with van der Waals surface area (Å²) in [6.07, 6.45) is 3.91. The summed E-state index contributed by atoms with van der Waals surface area (Å²) >= 11 is 0. The Morgan fingerprint density at radius 1 is 1.35 bits per heavy atom. The third-order valence-electron chi connectivity index (χ3n) is 4.17. The van der Waals surface area contributed by atoms with Crippen LogP contribution >= 0.6 is 0 Å². The predicted molar refractivity (Wildman–Crippen MR) is 66.8 cm³/mol. The van der Waals surface area contributed by atoms with Crippen LogP contribution in [0.2, 0.25) is 0 Å². The van der Waals surface area contributed by atoms with Crippen LogP contribution in [0, 0.1) is 0 Å². The van der Waals surface area contributed by atoms with Gasteiger partial charge in [0.25, 0.3) is 0 Å². The Labute approximate surface area is 103 Å². The van der Waals surface area contributed by atoms with Gasteiger partial charge in [-0.2, -0.15) is 0 Å². The van der Waals surface area contributed by atoms with E-state index >= 15 is 0 Å². The lowest BCUT2D eigenvalue weighted by Crippen LogP contribution is -2.54. The number of likely N-dealkylation sites (tertiary alicyclic amines) is 1. The first kappa shape index (κ1) is 13.2. The van der Waals surface area contributed by atoms with Crippen molar-refractivity contribution >= 4 is 0 Å². The van der Waals surface area contributed by atoms with E-state index in [0.29, 0.717) is 12.6 Å². The van der Waals surface area contributed by atoms with Gasteiger partial charge in [-0.15, -0.1) is 0 Å². The standard InChI is InChI=1S/C13H25FN2O/c1-2-15-13-6-7-16(9-12(13)14)10-4-3-5-11(17)8-10/h10-13,15,17H,2-9H2,1H3. The monoisotopic (exact) mass is 244 g/mol. The molecule has 0 aromatic heterocycles. The number of hydrogen-bond acceptors (Lipinski definition) is 3. The van der Waals surface area contributed by atoms with E-state index in [1.807, 2.05) is 6.92 Å². The van der Waals surface area contributed by atoms with Crippen molar-refractivity contribution in [1.82, 2.24) is 10.2 Å². The van der Waals surface area contributed by atoms with E-state index in [9.17, 15) is 9.50 Å². The number of alkyl halides is 1. The molecule has 100 valence electrons. The van der Waals surface area contributed by atoms with Crippen LogP contribution in [-0.4, -0.2) is 54.0 Å². The third kappa shape index (κ3) is 3.39. The molecule has 4 unspecified atom stereocenters. The zero-order valence-corrected chi connectivity index (χ0v) is 10.7. The lowest BCUT2D eigenvalue weighted by molar-refractivity contribution is 0.0224. The number of nitrogens with one attached hydrogen (secondary N) is 1. The van der Waals surface area contributed by atoms with Gasteiger partial charge in [0.05, 0.1) is 6.10 Å². The summed E-state index contributed by atoms with van der Waals surface area (Å²) in [6.45, 7) is 4.37. The Kier molecular flexibility index (Phi) is 4.77. The van der Waals surface area contributed by atoms with Gasteiger partial charge in [0, 0.05) is 25.2 Å². The first-order valence-electron chi connectivity index (χ1n) is 7.00. The number of halogens is 1. The van der Waals surface area contributed by atoms with E-state index in [1.165, 1.54) is 0 Å². The Bertz CT molecular complexity index is 239. The average molecular weight is 244 g/mol. The highest BCUT2D eigenvalue weighted by Gasteiger charge is 2.33. The highest BCUT2D eigenvalue weighted by atomic mass is 19.1. The molecule has 2 aliphatic rings. The van der Waals surface area contributed by atoms with Crippen LogP contribution in [0.15, 0.2) is 0 Å². The maximum Gasteiger partial charge on any atom is 0.128 e. The molecule has 0 amide bonds. The SMILES string of the molecule is CCNC1CCN(C2CCCC(O)C2)CC1F. The van der Waals surface area contributed by atoms with E-state index in [4.69, 9.17) is 0 Å². The number of rotatable bonds is 3. The van der Waals surface area contributed by atoms with Crippen molar-refractivity contribution in [3.8, 4) is 0 Å². The van der Waals surface area contributed by atoms with Crippen molar-refractivity contribution < 1.29 is 9.50 Å². The second-order valence-corrected chi connectivity index (χ2v) is 5.44. The molecule has 1 aliphatic carbocycles. The highest BCUT2D eigenvalue weighted by Crippen LogP contribution is 2.26. The number of aliphatic hydroxyl groups excluding tert-OH is 1. The summed E-state index contributed by atoms with van der Waals surface area (Å²) in [6, 6.07) is 0.435. The minimum Gasteiger partial charge on any atom is -0.393 e. The van der Waals surface area contributed by atoms with E-state index in [0.717, 1.165) is 45.2 Å². The lowest BCUT2D eigenvalue weighted by atomic mass is 9.90. The van der Waals surface area contributed by atoms with Gasteiger partial charge < -0.3 is 10.4 Å². The summed E-state index contributed by atoms with van der Waals surface area (Å²) in [7, 11) is 0. The van der Waals surface area contributed by atoms with Gasteiger partial charge in [-0.3, -0.25) is 4.90 Å². The number of piperidine rings is 1. The molecule has 17 heavy (non-hydrogen) atoms. The van der Waals surface area contributed by atoms with Crippen LogP contribution in [0.3, 0.4) is 0 Å². The van der Waals surface area contributed by atoms with Gasteiger partial charge in [0.2, 0.25) is 0 Å². The maximum absolute atomic E-state index is 14.0. The summed E-state index contributed by atoms with van der Waals surface area (Å²) in [5.74, 6) is 0. The Morgan fingerprint density at radius 3 is 2.82 bits per heavy atom. The molecule has 0 aromatic rings. The summed E-state index contributed by atoms with van der Waals surface area (Å²) in [4.78, 5) is 2.25. The van der Waals surface area contributed by atoms with Crippen LogP contribution in [0.1, 0.15) is 39.0 Å². The maximum atomic E-state index is 14.0. The normalized spacial score (nSPS) is 40.4. The number of hydrogen-bond donors (Lipinski definition) is 2. The molecule has 2 rings (SSSR count). The van der Waals surface area contributed by atoms with Gasteiger partial charge in [0.15, 0.2) is 0 Å². The zero-order valence-electron chi connectivity index (χ0n) is 10.7. The van der Waals surface area contributed by atoms with Gasteiger partial charge >= 0.3 is 0 Å². The Hall–Kier alpha value is -0.190. The zero-order chi connectivity index (χ0) is 12.3. The quantitative estimate of drug-likeness (QED) is 0.786. The lowest BCUT2D eigenvalue weighted by Gasteiger charge is -2.42. The topological polar surface area (TPSA) is 35.5 Å². The Balaban J connectivity index is 1.83. The van der Waals surface area contributed by atoms with Crippen LogP contribution in [-0.2, 0) is 0 Å². The van der Waals surface area contributed by atoms with Crippen LogP contribution < -0.4 is 5.32 Å². The van der Waals surface area contributed by atoms with Crippen molar-refractivity contribution in [1.29, 1.82) is 0 Å². The summed E-state index contributed by atoms with van der Waals surface area (Å²) < 4.78 is 14.0. The van der Waals surface area contributed by atoms with E-state index in [2.05, 4.69) is 10.2 Å². The van der Waals surface area contributed by atoms with E-state index in [1.54, 1.807) is 0 Å². The molecular weight excluding hydrogens is 219 g/mol. The van der Waals surface area contributed by atoms with Crippen molar-refractivity contribution in [3.63, 3.8) is 0 Å². The molecule has 4 atom stereocenters. The van der Waals surface area contributed by atoms with Crippen molar-refractivity contribution in [2.75, 3.05) is 19.6 Å². The molecule has 0 spiro atoms. The second-order valence-electron chi connectivity index (χ2n) is 5.44. The van der Waals surface area contributed by atoms with Crippen molar-refractivity contribution in [3.05, 3.63) is 0 Å². The largest absolute Gasteiger partial charge is 0.393 e. The van der Waals surface area contributed by atoms with Gasteiger partial charge in [-0.05, 0) is 38.6 Å². The van der Waals surface area contributed by atoms with Crippen molar-refractivity contribution in [2.24, 2.45) is 0 Å². The average Bonchev–Trinajstić information content (AvgIpc) is 2.32. The third-order valence-corrected chi connectivity index (χ3v) is 4.17. The fourth-order valence-electron chi connectivity index (χ4n) is 3.22.